The number of hydrogen-bond acceptors (Lipinski definition) is 8. The molecule has 1 aromatic carbocycles. The molecule has 252 valence electrons. The van der Waals surface area contributed by atoms with Crippen LogP contribution in [0.1, 0.15) is 65.4 Å². The number of halogens is 1. The number of methoxy groups -OCH3 is 1. The lowest BCUT2D eigenvalue weighted by molar-refractivity contribution is -0.152. The summed E-state index contributed by atoms with van der Waals surface area (Å²) in [6.45, 7) is 1.94. The Kier molecular flexibility index (Phi) is 9.80. The first-order valence-electron chi connectivity index (χ1n) is 15.8. The van der Waals surface area contributed by atoms with Crippen LogP contribution in [0.2, 0.25) is 0 Å². The summed E-state index contributed by atoms with van der Waals surface area (Å²) in [5.41, 5.74) is 0.168. The Bertz CT molecular complexity index is 1680. The number of hydrogen-bond donors (Lipinski definition) is 4. The number of pyridine rings is 1. The number of amides is 3. The fourth-order valence-electron chi connectivity index (χ4n) is 7.03. The molecule has 3 amide bonds. The first-order chi connectivity index (χ1) is 22.5. The third-order valence-corrected chi connectivity index (χ3v) is 11.4. The number of fused-ring (bicyclic) bond motifs is 2. The molecule has 2 aromatic heterocycles. The first-order valence-corrected chi connectivity index (χ1v) is 18.3. The van der Waals surface area contributed by atoms with Crippen molar-refractivity contribution >= 4 is 46.7 Å². The van der Waals surface area contributed by atoms with Crippen LogP contribution in [0.4, 0.5) is 4.39 Å². The highest BCUT2D eigenvalue weighted by molar-refractivity contribution is 7.51. The van der Waals surface area contributed by atoms with E-state index in [0.29, 0.717) is 49.2 Å². The molecule has 12 nitrogen and oxygen atoms in total. The fraction of sp³-hybridized carbons (Fsp3) is 0.500. The molecule has 6 rings (SSSR count). The van der Waals surface area contributed by atoms with Crippen molar-refractivity contribution in [3.05, 3.63) is 64.8 Å². The number of rotatable bonds is 10. The Morgan fingerprint density at radius 2 is 1.94 bits per heavy atom. The minimum atomic E-state index is -4.98. The van der Waals surface area contributed by atoms with Crippen LogP contribution in [0.25, 0.3) is 10.1 Å². The Morgan fingerprint density at radius 1 is 1.15 bits per heavy atom. The highest BCUT2D eigenvalue weighted by Crippen LogP contribution is 2.53. The predicted molar refractivity (Wildman–Crippen MR) is 173 cm³/mol. The van der Waals surface area contributed by atoms with E-state index in [1.807, 2.05) is 18.2 Å². The summed E-state index contributed by atoms with van der Waals surface area (Å²) < 4.78 is 31.6. The zero-order valence-corrected chi connectivity index (χ0v) is 27.7. The van der Waals surface area contributed by atoms with E-state index in [1.165, 1.54) is 24.3 Å². The van der Waals surface area contributed by atoms with Crippen LogP contribution in [0.15, 0.2) is 48.7 Å². The second kappa shape index (κ2) is 13.7. The number of ether oxygens (including phenoxy) is 1. The number of benzene rings is 1. The third kappa shape index (κ3) is 6.85. The van der Waals surface area contributed by atoms with Crippen molar-refractivity contribution in [2.75, 3.05) is 33.4 Å². The Hall–Kier alpha value is -3.26. The zero-order valence-electron chi connectivity index (χ0n) is 26.0. The third-order valence-electron chi connectivity index (χ3n) is 9.42. The maximum Gasteiger partial charge on any atom is 0.363 e. The van der Waals surface area contributed by atoms with Gasteiger partial charge in [0.15, 0.2) is 0 Å². The molecule has 4 atom stereocenters. The van der Waals surface area contributed by atoms with Crippen molar-refractivity contribution in [1.29, 1.82) is 0 Å². The van der Waals surface area contributed by atoms with Gasteiger partial charge in [-0.1, -0.05) is 25.0 Å². The zero-order chi connectivity index (χ0) is 33.3. The van der Waals surface area contributed by atoms with Crippen molar-refractivity contribution in [2.45, 2.75) is 68.1 Å². The van der Waals surface area contributed by atoms with Crippen molar-refractivity contribution in [3.8, 4) is 0 Å². The second-order valence-corrected chi connectivity index (χ2v) is 15.3. The van der Waals surface area contributed by atoms with E-state index in [2.05, 4.69) is 15.6 Å². The lowest BCUT2D eigenvalue weighted by atomic mass is 9.84. The van der Waals surface area contributed by atoms with Crippen LogP contribution in [0, 0.1) is 0 Å². The van der Waals surface area contributed by atoms with E-state index in [4.69, 9.17) is 4.74 Å². The van der Waals surface area contributed by atoms with Gasteiger partial charge < -0.3 is 35.0 Å². The van der Waals surface area contributed by atoms with Gasteiger partial charge in [-0.15, -0.1) is 11.3 Å². The summed E-state index contributed by atoms with van der Waals surface area (Å²) in [6.07, 6.45) is 5.87. The summed E-state index contributed by atoms with van der Waals surface area (Å²) in [6, 6.07) is 9.87. The van der Waals surface area contributed by atoms with E-state index in [-0.39, 0.29) is 28.3 Å². The number of carbonyl (C=O) groups excluding carboxylic acids is 3. The number of aromatic nitrogens is 1. The second-order valence-electron chi connectivity index (χ2n) is 12.5. The lowest BCUT2D eigenvalue weighted by Crippen LogP contribution is -2.70. The molecule has 5 heterocycles. The minimum absolute atomic E-state index is 0.0804. The molecule has 3 aromatic rings. The van der Waals surface area contributed by atoms with Crippen molar-refractivity contribution in [2.24, 2.45) is 0 Å². The number of nitrogens with one attached hydrogen (secondary N) is 2. The maximum absolute atomic E-state index is 14.3. The Balaban J connectivity index is 1.16. The van der Waals surface area contributed by atoms with Gasteiger partial charge in [0, 0.05) is 43.7 Å². The van der Waals surface area contributed by atoms with Crippen molar-refractivity contribution in [1.82, 2.24) is 25.4 Å². The summed E-state index contributed by atoms with van der Waals surface area (Å²) in [5, 5.41) is 6.88. The van der Waals surface area contributed by atoms with Gasteiger partial charge in [-0.2, -0.15) is 0 Å². The number of alkyl halides is 1. The standard InChI is InChI=1S/C32H39FN5O7PS/c1-45-15-14-35-32(27-8-4-5-13-34-27)18-37(19-32)31(41)24-11-10-22-6-2-3-7-23(30(40)38(22)24)36-29(39)26-17-21-16-20(9-12-25(21)47-26)28(33)46(42,43)44/h4-5,8-9,12-13,16-17,22-24,28,35H,2-3,6-7,10-11,14-15,18-19H2,1H3,(H,36,39)(H2,42,43,44)/t22-,23-,24-,28?/m0/s1. The average Bonchev–Trinajstić information content (AvgIpc) is 3.66. The van der Waals surface area contributed by atoms with Gasteiger partial charge in [0.2, 0.25) is 17.7 Å². The van der Waals surface area contributed by atoms with Crippen LogP contribution >= 0.6 is 18.9 Å². The average molecular weight is 688 g/mol. The molecule has 0 bridgehead atoms. The smallest absolute Gasteiger partial charge is 0.363 e. The van der Waals surface area contributed by atoms with Gasteiger partial charge in [0.1, 0.15) is 12.1 Å². The molecule has 3 saturated heterocycles. The molecule has 3 aliphatic rings. The molecule has 0 spiro atoms. The van der Waals surface area contributed by atoms with Crippen LogP contribution in [0.3, 0.4) is 0 Å². The summed E-state index contributed by atoms with van der Waals surface area (Å²) in [4.78, 5) is 68.3. The van der Waals surface area contributed by atoms with E-state index >= 15 is 0 Å². The molecule has 0 saturated carbocycles. The molecule has 47 heavy (non-hydrogen) atoms. The van der Waals surface area contributed by atoms with Crippen molar-refractivity contribution in [3.63, 3.8) is 0 Å². The number of nitrogens with zero attached hydrogens (tertiary/aromatic N) is 3. The monoisotopic (exact) mass is 687 g/mol. The molecule has 3 fully saturated rings. The van der Waals surface area contributed by atoms with Gasteiger partial charge >= 0.3 is 7.60 Å². The predicted octanol–water partition coefficient (Wildman–Crippen LogP) is 3.45. The van der Waals surface area contributed by atoms with E-state index in [1.54, 1.807) is 23.1 Å². The van der Waals surface area contributed by atoms with Gasteiger partial charge in [0.25, 0.3) is 5.91 Å². The van der Waals surface area contributed by atoms with E-state index in [0.717, 1.165) is 42.7 Å². The molecule has 15 heteroatoms. The van der Waals surface area contributed by atoms with Gasteiger partial charge in [-0.05, 0) is 67.0 Å². The van der Waals surface area contributed by atoms with Gasteiger partial charge in [-0.25, -0.2) is 4.39 Å². The summed E-state index contributed by atoms with van der Waals surface area (Å²) in [5.74, 6) is -3.30. The highest BCUT2D eigenvalue weighted by Gasteiger charge is 2.52. The molecule has 0 radical (unpaired) electrons. The van der Waals surface area contributed by atoms with Gasteiger partial charge in [-0.3, -0.25) is 23.9 Å². The minimum Gasteiger partial charge on any atom is -0.383 e. The summed E-state index contributed by atoms with van der Waals surface area (Å²) in [7, 11) is -3.35. The highest BCUT2D eigenvalue weighted by atomic mass is 32.1. The van der Waals surface area contributed by atoms with Gasteiger partial charge in [0.05, 0.1) is 22.7 Å². The molecular formula is C32H39FN5O7PS. The van der Waals surface area contributed by atoms with Crippen molar-refractivity contribution < 1.29 is 37.9 Å². The molecule has 0 aliphatic carbocycles. The first kappa shape index (κ1) is 33.6. The van der Waals surface area contributed by atoms with E-state index in [9.17, 15) is 33.1 Å². The van der Waals surface area contributed by atoms with Crippen LogP contribution in [-0.4, -0.2) is 93.8 Å². The number of thiophene rings is 1. The fourth-order valence-corrected chi connectivity index (χ4v) is 8.52. The lowest BCUT2D eigenvalue weighted by Gasteiger charge is -2.51. The van der Waals surface area contributed by atoms with Crippen LogP contribution in [-0.2, 0) is 24.4 Å². The quantitative estimate of drug-likeness (QED) is 0.185. The number of likely N-dealkylation sites (tertiary alicyclic amines) is 1. The van der Waals surface area contributed by atoms with E-state index < -0.39 is 37.0 Å². The summed E-state index contributed by atoms with van der Waals surface area (Å²) >= 11 is 1.14. The SMILES string of the molecule is COCCNC1(c2ccccn2)CN(C(=O)[C@@H]2CC[C@@H]3CCCC[C@H](NC(=O)c4cc5cc(C(F)P(=O)(O)O)ccc5s4)C(=O)N32)C1. The van der Waals surface area contributed by atoms with Crippen LogP contribution in [0.5, 0.6) is 0 Å². The molecular weight excluding hydrogens is 648 g/mol. The maximum atomic E-state index is 14.3. The Morgan fingerprint density at radius 3 is 2.66 bits per heavy atom. The molecule has 1 unspecified atom stereocenters. The Labute approximate surface area is 275 Å². The normalized spacial score (nSPS) is 23.5. The largest absolute Gasteiger partial charge is 0.383 e. The topological polar surface area (TPSA) is 161 Å². The van der Waals surface area contributed by atoms with Crippen LogP contribution < -0.4 is 10.6 Å². The number of carbonyl (C=O) groups is 3. The molecule has 4 N–H and O–H groups in total. The molecule has 3 aliphatic heterocycles.